The molecule has 1 heterocycles. The van der Waals surface area contributed by atoms with Crippen LogP contribution in [0.1, 0.15) is 55.3 Å². The van der Waals surface area contributed by atoms with Crippen molar-refractivity contribution in [2.75, 3.05) is 5.32 Å². The Hall–Kier alpha value is -2.10. The third-order valence-corrected chi connectivity index (χ3v) is 5.41. The molecule has 4 heteroatoms. The Morgan fingerprint density at radius 2 is 2.04 bits per heavy atom. The van der Waals surface area contributed by atoms with Crippen LogP contribution in [0.15, 0.2) is 30.5 Å². The van der Waals surface area contributed by atoms with Gasteiger partial charge in [-0.15, -0.1) is 0 Å². The van der Waals surface area contributed by atoms with Crippen LogP contribution >= 0.6 is 0 Å². The number of nitrogens with one attached hydrogen (secondary N) is 1. The fourth-order valence-corrected chi connectivity index (χ4v) is 3.79. The summed E-state index contributed by atoms with van der Waals surface area (Å²) in [6.45, 7) is 2.18. The van der Waals surface area contributed by atoms with Crippen molar-refractivity contribution in [3.8, 4) is 0 Å². The van der Waals surface area contributed by atoms with Crippen LogP contribution in [-0.4, -0.2) is 15.7 Å². The van der Waals surface area contributed by atoms with Crippen LogP contribution in [0.4, 0.5) is 5.82 Å². The number of rotatable bonds is 5. The predicted octanol–water partition coefficient (Wildman–Crippen LogP) is 3.91. The van der Waals surface area contributed by atoms with E-state index in [2.05, 4.69) is 35.5 Å². The molecule has 1 aromatic carbocycles. The SMILES string of the molecule is CC(C1CC1)n1nccc1NC(=O)Cc1ccc2c(c1)CCCC2. The average Bonchev–Trinajstić information content (AvgIpc) is 3.34. The van der Waals surface area contributed by atoms with Crippen LogP contribution < -0.4 is 5.32 Å². The Labute approximate surface area is 143 Å². The molecule has 1 amide bonds. The maximum atomic E-state index is 12.5. The first-order chi connectivity index (χ1) is 11.7. The highest BCUT2D eigenvalue weighted by atomic mass is 16.1. The van der Waals surface area contributed by atoms with E-state index in [0.29, 0.717) is 18.4 Å². The molecule has 4 rings (SSSR count). The molecule has 1 atom stereocenters. The van der Waals surface area contributed by atoms with Crippen molar-refractivity contribution < 1.29 is 4.79 Å². The maximum absolute atomic E-state index is 12.5. The van der Waals surface area contributed by atoms with Crippen LogP contribution in [0.3, 0.4) is 0 Å². The van der Waals surface area contributed by atoms with E-state index in [4.69, 9.17) is 0 Å². The number of fused-ring (bicyclic) bond motifs is 1. The number of anilines is 1. The minimum absolute atomic E-state index is 0.0375. The monoisotopic (exact) mass is 323 g/mol. The number of benzene rings is 1. The fraction of sp³-hybridized carbons (Fsp3) is 0.500. The number of amides is 1. The molecule has 1 fully saturated rings. The van der Waals surface area contributed by atoms with E-state index in [1.54, 1.807) is 6.20 Å². The van der Waals surface area contributed by atoms with Crippen LogP contribution in [0.25, 0.3) is 0 Å². The Balaban J connectivity index is 1.43. The first kappa shape index (κ1) is 15.4. The molecule has 1 N–H and O–H groups in total. The number of aryl methyl sites for hydroxylation is 2. The van der Waals surface area contributed by atoms with Crippen molar-refractivity contribution in [2.45, 2.75) is 57.9 Å². The third-order valence-electron chi connectivity index (χ3n) is 5.41. The largest absolute Gasteiger partial charge is 0.311 e. The molecule has 2 aromatic rings. The summed E-state index contributed by atoms with van der Waals surface area (Å²) in [5.74, 6) is 1.56. The zero-order valence-corrected chi connectivity index (χ0v) is 14.3. The summed E-state index contributed by atoms with van der Waals surface area (Å²) in [7, 11) is 0. The molecule has 0 spiro atoms. The lowest BCUT2D eigenvalue weighted by atomic mass is 9.90. The summed E-state index contributed by atoms with van der Waals surface area (Å²) < 4.78 is 1.96. The molecule has 0 bridgehead atoms. The Morgan fingerprint density at radius 1 is 1.25 bits per heavy atom. The molecule has 2 aliphatic carbocycles. The number of aromatic nitrogens is 2. The topological polar surface area (TPSA) is 46.9 Å². The second-order valence-electron chi connectivity index (χ2n) is 7.27. The minimum Gasteiger partial charge on any atom is -0.311 e. The van der Waals surface area contributed by atoms with Gasteiger partial charge in [-0.25, -0.2) is 4.68 Å². The number of carbonyl (C=O) groups excluding carboxylic acids is 1. The van der Waals surface area contributed by atoms with Gasteiger partial charge >= 0.3 is 0 Å². The van der Waals surface area contributed by atoms with E-state index in [9.17, 15) is 4.79 Å². The smallest absolute Gasteiger partial charge is 0.229 e. The third kappa shape index (κ3) is 3.23. The lowest BCUT2D eigenvalue weighted by Gasteiger charge is -2.17. The maximum Gasteiger partial charge on any atom is 0.229 e. The van der Waals surface area contributed by atoms with Crippen LogP contribution in [-0.2, 0) is 24.1 Å². The molecule has 2 aliphatic rings. The quantitative estimate of drug-likeness (QED) is 0.906. The van der Waals surface area contributed by atoms with Crippen molar-refractivity contribution in [3.05, 3.63) is 47.2 Å². The lowest BCUT2D eigenvalue weighted by Crippen LogP contribution is -2.20. The molecule has 24 heavy (non-hydrogen) atoms. The number of hydrogen-bond acceptors (Lipinski definition) is 2. The van der Waals surface area contributed by atoms with Crippen molar-refractivity contribution in [1.29, 1.82) is 0 Å². The summed E-state index contributed by atoms with van der Waals surface area (Å²) in [6.07, 6.45) is 9.62. The molecule has 1 unspecified atom stereocenters. The molecule has 0 radical (unpaired) electrons. The van der Waals surface area contributed by atoms with Crippen molar-refractivity contribution in [2.24, 2.45) is 5.92 Å². The van der Waals surface area contributed by atoms with Crippen molar-refractivity contribution in [1.82, 2.24) is 9.78 Å². The fourth-order valence-electron chi connectivity index (χ4n) is 3.79. The average molecular weight is 323 g/mol. The molecule has 1 saturated carbocycles. The Morgan fingerprint density at radius 3 is 2.83 bits per heavy atom. The van der Waals surface area contributed by atoms with Gasteiger partial charge < -0.3 is 5.32 Å². The van der Waals surface area contributed by atoms with Crippen LogP contribution in [0.5, 0.6) is 0 Å². The van der Waals surface area contributed by atoms with Gasteiger partial charge in [-0.05, 0) is 68.1 Å². The zero-order valence-electron chi connectivity index (χ0n) is 14.3. The van der Waals surface area contributed by atoms with Crippen LogP contribution in [0, 0.1) is 5.92 Å². The van der Waals surface area contributed by atoms with Gasteiger partial charge in [0.1, 0.15) is 5.82 Å². The van der Waals surface area contributed by atoms with Gasteiger partial charge in [0.15, 0.2) is 0 Å². The normalized spacial score (nSPS) is 18.0. The van der Waals surface area contributed by atoms with E-state index in [0.717, 1.165) is 17.8 Å². The van der Waals surface area contributed by atoms with Gasteiger partial charge in [-0.1, -0.05) is 18.2 Å². The van der Waals surface area contributed by atoms with E-state index in [1.807, 2.05) is 10.7 Å². The molecular weight excluding hydrogens is 298 g/mol. The lowest BCUT2D eigenvalue weighted by molar-refractivity contribution is -0.115. The Kier molecular flexibility index (Phi) is 4.13. The first-order valence-electron chi connectivity index (χ1n) is 9.15. The summed E-state index contributed by atoms with van der Waals surface area (Å²) in [5.41, 5.74) is 4.00. The predicted molar refractivity (Wildman–Crippen MR) is 95.1 cm³/mol. The second-order valence-corrected chi connectivity index (χ2v) is 7.27. The molecule has 1 aromatic heterocycles. The summed E-state index contributed by atoms with van der Waals surface area (Å²) in [5, 5.41) is 7.44. The minimum atomic E-state index is 0.0375. The van der Waals surface area contributed by atoms with Crippen molar-refractivity contribution >= 4 is 11.7 Å². The Bertz CT molecular complexity index is 745. The van der Waals surface area contributed by atoms with E-state index in [1.165, 1.54) is 43.2 Å². The van der Waals surface area contributed by atoms with Crippen LogP contribution in [0.2, 0.25) is 0 Å². The van der Waals surface area contributed by atoms with Gasteiger partial charge in [0.25, 0.3) is 0 Å². The van der Waals surface area contributed by atoms with Gasteiger partial charge in [0, 0.05) is 6.07 Å². The van der Waals surface area contributed by atoms with Crippen molar-refractivity contribution in [3.63, 3.8) is 0 Å². The highest BCUT2D eigenvalue weighted by molar-refractivity contribution is 5.91. The number of nitrogens with zero attached hydrogens (tertiary/aromatic N) is 2. The zero-order chi connectivity index (χ0) is 16.5. The molecule has 0 saturated heterocycles. The molecule has 126 valence electrons. The van der Waals surface area contributed by atoms with E-state index >= 15 is 0 Å². The molecule has 4 nitrogen and oxygen atoms in total. The standard InChI is InChI=1S/C20H25N3O/c1-14(16-8-9-16)23-19(10-11-21-23)22-20(24)13-15-6-7-17-4-2-3-5-18(17)12-15/h6-7,10-12,14,16H,2-5,8-9,13H2,1H3,(H,22,24). The highest BCUT2D eigenvalue weighted by Crippen LogP contribution is 2.40. The van der Waals surface area contributed by atoms with Gasteiger partial charge in [0.05, 0.1) is 18.7 Å². The number of hydrogen-bond donors (Lipinski definition) is 1. The van der Waals surface area contributed by atoms with Gasteiger partial charge in [-0.3, -0.25) is 4.79 Å². The second kappa shape index (κ2) is 6.42. The summed E-state index contributed by atoms with van der Waals surface area (Å²) in [4.78, 5) is 12.5. The van der Waals surface area contributed by atoms with E-state index < -0.39 is 0 Å². The summed E-state index contributed by atoms with van der Waals surface area (Å²) >= 11 is 0. The molecular formula is C20H25N3O. The first-order valence-corrected chi connectivity index (χ1v) is 9.15. The highest BCUT2D eigenvalue weighted by Gasteiger charge is 2.30. The van der Waals surface area contributed by atoms with Gasteiger partial charge in [0.2, 0.25) is 5.91 Å². The number of carbonyl (C=O) groups is 1. The summed E-state index contributed by atoms with van der Waals surface area (Å²) in [6, 6.07) is 8.78. The van der Waals surface area contributed by atoms with E-state index in [-0.39, 0.29) is 5.91 Å². The van der Waals surface area contributed by atoms with Gasteiger partial charge in [-0.2, -0.15) is 5.10 Å². The molecule has 0 aliphatic heterocycles.